The molecule has 0 amide bonds. The van der Waals surface area contributed by atoms with Crippen LogP contribution >= 0.6 is 0 Å². The lowest BCUT2D eigenvalue weighted by atomic mass is 9.70. The minimum Gasteiger partial charge on any atom is -0.383 e. The summed E-state index contributed by atoms with van der Waals surface area (Å²) >= 11 is 0. The van der Waals surface area contributed by atoms with E-state index in [-0.39, 0.29) is 5.54 Å². The molecule has 1 unspecified atom stereocenters. The zero-order chi connectivity index (χ0) is 14.3. The number of hydrogen-bond acceptors (Lipinski definition) is 1. The summed E-state index contributed by atoms with van der Waals surface area (Å²) in [6, 6.07) is 0. The van der Waals surface area contributed by atoms with E-state index >= 15 is 0 Å². The fourth-order valence-corrected chi connectivity index (χ4v) is 3.27. The Kier molecular flexibility index (Phi) is 6.14. The maximum Gasteiger partial charge on any atom is 0.0436 e. The highest BCUT2D eigenvalue weighted by molar-refractivity contribution is 5.29. The molecule has 1 heteroatoms. The van der Waals surface area contributed by atoms with Crippen molar-refractivity contribution < 1.29 is 0 Å². The van der Waals surface area contributed by atoms with Gasteiger partial charge in [0, 0.05) is 17.2 Å². The summed E-state index contributed by atoms with van der Waals surface area (Å²) in [5.74, 6) is 0.471. The van der Waals surface area contributed by atoms with Gasteiger partial charge in [-0.1, -0.05) is 63.6 Å². The topological polar surface area (TPSA) is 12.0 Å². The number of rotatable bonds is 6. The Balaban J connectivity index is 3.04. The molecule has 0 saturated heterocycles. The van der Waals surface area contributed by atoms with Gasteiger partial charge in [-0.05, 0) is 32.3 Å². The van der Waals surface area contributed by atoms with E-state index in [1.54, 1.807) is 0 Å². The summed E-state index contributed by atoms with van der Waals surface area (Å²) in [6.07, 6.45) is 14.8. The van der Waals surface area contributed by atoms with Gasteiger partial charge < -0.3 is 5.32 Å². The van der Waals surface area contributed by atoms with Gasteiger partial charge in [0.05, 0.1) is 0 Å². The highest BCUT2D eigenvalue weighted by Crippen LogP contribution is 2.38. The Morgan fingerprint density at radius 3 is 2.37 bits per heavy atom. The molecule has 0 spiro atoms. The van der Waals surface area contributed by atoms with Crippen LogP contribution in [0.3, 0.4) is 0 Å². The first kappa shape index (κ1) is 15.8. The average molecular weight is 259 g/mol. The second-order valence-corrected chi connectivity index (χ2v) is 5.75. The van der Waals surface area contributed by atoms with E-state index in [0.717, 1.165) is 5.70 Å². The molecule has 19 heavy (non-hydrogen) atoms. The van der Waals surface area contributed by atoms with Crippen molar-refractivity contribution in [3.63, 3.8) is 0 Å². The largest absolute Gasteiger partial charge is 0.383 e. The van der Waals surface area contributed by atoms with Gasteiger partial charge in [0.2, 0.25) is 0 Å². The van der Waals surface area contributed by atoms with Crippen molar-refractivity contribution in [1.82, 2.24) is 5.32 Å². The SMILES string of the molecule is C=C/C=C(\C=C/C)C(C)C1(NC(=C)C)CCCCC1. The van der Waals surface area contributed by atoms with Crippen LogP contribution in [0.4, 0.5) is 0 Å². The molecule has 0 aromatic carbocycles. The molecule has 1 aliphatic rings. The van der Waals surface area contributed by atoms with E-state index in [4.69, 9.17) is 0 Å². The maximum atomic E-state index is 4.06. The lowest BCUT2D eigenvalue weighted by Crippen LogP contribution is -2.51. The van der Waals surface area contributed by atoms with E-state index in [0.29, 0.717) is 5.92 Å². The van der Waals surface area contributed by atoms with Crippen molar-refractivity contribution in [2.45, 2.75) is 58.4 Å². The second kappa shape index (κ2) is 7.37. The molecule has 0 radical (unpaired) electrons. The fraction of sp³-hybridized carbons (Fsp3) is 0.556. The molecule has 0 bridgehead atoms. The molecule has 106 valence electrons. The van der Waals surface area contributed by atoms with Gasteiger partial charge in [-0.15, -0.1) is 0 Å². The number of nitrogens with one attached hydrogen (secondary N) is 1. The Hall–Kier alpha value is -1.24. The molecule has 1 fully saturated rings. The van der Waals surface area contributed by atoms with Crippen LogP contribution < -0.4 is 5.32 Å². The third-order valence-corrected chi connectivity index (χ3v) is 4.21. The summed E-state index contributed by atoms with van der Waals surface area (Å²) in [7, 11) is 0. The van der Waals surface area contributed by atoms with Crippen LogP contribution in [0.25, 0.3) is 0 Å². The zero-order valence-electron chi connectivity index (χ0n) is 12.8. The van der Waals surface area contributed by atoms with Crippen LogP contribution in [0, 0.1) is 5.92 Å². The van der Waals surface area contributed by atoms with E-state index in [1.165, 1.54) is 37.7 Å². The van der Waals surface area contributed by atoms with Crippen molar-refractivity contribution in [3.8, 4) is 0 Å². The molecule has 0 aromatic rings. The van der Waals surface area contributed by atoms with Crippen LogP contribution in [0.1, 0.15) is 52.9 Å². The minimum absolute atomic E-state index is 0.165. The van der Waals surface area contributed by atoms with Gasteiger partial charge in [0.15, 0.2) is 0 Å². The van der Waals surface area contributed by atoms with Gasteiger partial charge in [0.1, 0.15) is 0 Å². The Labute approximate surface area is 119 Å². The predicted molar refractivity (Wildman–Crippen MR) is 86.0 cm³/mol. The van der Waals surface area contributed by atoms with E-state index < -0.39 is 0 Å². The molecule has 0 aromatic heterocycles. The molecular formula is C18H29N. The molecule has 1 saturated carbocycles. The number of hydrogen-bond donors (Lipinski definition) is 1. The van der Waals surface area contributed by atoms with Gasteiger partial charge >= 0.3 is 0 Å². The molecule has 1 rings (SSSR count). The fourth-order valence-electron chi connectivity index (χ4n) is 3.27. The van der Waals surface area contributed by atoms with Gasteiger partial charge in [-0.3, -0.25) is 0 Å². The molecule has 1 N–H and O–H groups in total. The highest BCUT2D eigenvalue weighted by atomic mass is 15.0. The Morgan fingerprint density at radius 1 is 1.26 bits per heavy atom. The first-order valence-electron chi connectivity index (χ1n) is 7.44. The van der Waals surface area contributed by atoms with E-state index in [9.17, 15) is 0 Å². The highest BCUT2D eigenvalue weighted by Gasteiger charge is 2.38. The molecule has 1 aliphatic carbocycles. The van der Waals surface area contributed by atoms with Gasteiger partial charge in [-0.2, -0.15) is 0 Å². The summed E-state index contributed by atoms with van der Waals surface area (Å²) in [5, 5.41) is 3.69. The second-order valence-electron chi connectivity index (χ2n) is 5.75. The van der Waals surface area contributed by atoms with Crippen molar-refractivity contribution in [1.29, 1.82) is 0 Å². The van der Waals surface area contributed by atoms with Crippen LogP contribution in [0.5, 0.6) is 0 Å². The monoisotopic (exact) mass is 259 g/mol. The summed E-state index contributed by atoms with van der Waals surface area (Å²) < 4.78 is 0. The van der Waals surface area contributed by atoms with Crippen molar-refractivity contribution in [2.75, 3.05) is 0 Å². The van der Waals surface area contributed by atoms with Crippen LogP contribution in [0.2, 0.25) is 0 Å². The normalized spacial score (nSPS) is 21.1. The lowest BCUT2D eigenvalue weighted by molar-refractivity contribution is 0.193. The van der Waals surface area contributed by atoms with Gasteiger partial charge in [-0.25, -0.2) is 0 Å². The van der Waals surface area contributed by atoms with Gasteiger partial charge in [0.25, 0.3) is 0 Å². The van der Waals surface area contributed by atoms with Crippen molar-refractivity contribution in [2.24, 2.45) is 5.92 Å². The zero-order valence-corrected chi connectivity index (χ0v) is 12.8. The third kappa shape index (κ3) is 4.12. The van der Waals surface area contributed by atoms with E-state index in [2.05, 4.69) is 57.5 Å². The summed E-state index contributed by atoms with van der Waals surface area (Å²) in [4.78, 5) is 0. The summed E-state index contributed by atoms with van der Waals surface area (Å²) in [5.41, 5.74) is 2.60. The molecule has 1 atom stereocenters. The molecule has 0 aliphatic heterocycles. The third-order valence-electron chi connectivity index (χ3n) is 4.21. The quantitative estimate of drug-likeness (QED) is 0.651. The van der Waals surface area contributed by atoms with Crippen molar-refractivity contribution in [3.05, 3.63) is 48.7 Å². The first-order valence-corrected chi connectivity index (χ1v) is 7.44. The molecular weight excluding hydrogens is 230 g/mol. The van der Waals surface area contributed by atoms with Crippen LogP contribution in [-0.4, -0.2) is 5.54 Å². The number of allylic oxidation sites excluding steroid dienone is 5. The smallest absolute Gasteiger partial charge is 0.0436 e. The Bertz CT molecular complexity index is 367. The molecule has 1 nitrogen and oxygen atoms in total. The van der Waals surface area contributed by atoms with Crippen molar-refractivity contribution >= 4 is 0 Å². The standard InChI is InChI=1S/C18H29N/c1-6-11-17(12-7-2)16(5)18(19-15(3)4)13-9-8-10-14-18/h6-7,11-12,16,19H,1,3,8-10,13-14H2,2,4-5H3/b12-7-,17-11+. The Morgan fingerprint density at radius 2 is 1.89 bits per heavy atom. The minimum atomic E-state index is 0.165. The maximum absolute atomic E-state index is 4.06. The summed E-state index contributed by atoms with van der Waals surface area (Å²) in [6.45, 7) is 14.4. The first-order chi connectivity index (χ1) is 9.05. The average Bonchev–Trinajstić information content (AvgIpc) is 2.38. The predicted octanol–water partition coefficient (Wildman–Crippen LogP) is 5.14. The molecule has 0 heterocycles. The van der Waals surface area contributed by atoms with E-state index in [1.807, 2.05) is 6.08 Å². The van der Waals surface area contributed by atoms with Crippen LogP contribution in [0.15, 0.2) is 48.7 Å². The lowest BCUT2D eigenvalue weighted by Gasteiger charge is -2.44. The van der Waals surface area contributed by atoms with Crippen LogP contribution in [-0.2, 0) is 0 Å².